The first-order chi connectivity index (χ1) is 14.2. The van der Waals surface area contributed by atoms with Gasteiger partial charge in [0.2, 0.25) is 3.79 Å². The molecule has 1 heterocycles. The molecule has 1 aliphatic rings. The van der Waals surface area contributed by atoms with Gasteiger partial charge in [0.15, 0.2) is 12.3 Å². The summed E-state index contributed by atoms with van der Waals surface area (Å²) in [5, 5.41) is 9.76. The second-order valence-corrected chi connectivity index (χ2v) is 8.97. The molecule has 160 valence electrons. The number of rotatable bonds is 5. The number of benzene rings is 2. The number of hydrogen-bond acceptors (Lipinski definition) is 5. The molecule has 7 nitrogen and oxygen atoms in total. The first-order valence-electron chi connectivity index (χ1n) is 8.80. The van der Waals surface area contributed by atoms with Crippen LogP contribution in [0.5, 0.6) is 5.75 Å². The summed E-state index contributed by atoms with van der Waals surface area (Å²) in [5.74, 6) is -0.629. The van der Waals surface area contributed by atoms with Crippen LogP contribution in [0.2, 0.25) is 0 Å². The van der Waals surface area contributed by atoms with Crippen molar-refractivity contribution in [3.05, 3.63) is 65.7 Å². The Morgan fingerprint density at radius 1 is 1.07 bits per heavy atom. The Balaban J connectivity index is 2.02. The lowest BCUT2D eigenvalue weighted by Crippen LogP contribution is -2.38. The van der Waals surface area contributed by atoms with Crippen molar-refractivity contribution in [2.45, 2.75) is 22.2 Å². The number of methoxy groups -OCH3 is 1. The van der Waals surface area contributed by atoms with Gasteiger partial charge in [0, 0.05) is 5.56 Å². The van der Waals surface area contributed by atoms with E-state index in [1.165, 1.54) is 12.0 Å². The van der Waals surface area contributed by atoms with Crippen molar-refractivity contribution in [2.75, 3.05) is 13.7 Å². The fourth-order valence-corrected chi connectivity index (χ4v) is 3.35. The Labute approximate surface area is 188 Å². The summed E-state index contributed by atoms with van der Waals surface area (Å²) in [4.78, 5) is 26.1. The number of carbonyl (C=O) groups is 2. The minimum atomic E-state index is -1.82. The Kier molecular flexibility index (Phi) is 6.98. The van der Waals surface area contributed by atoms with Crippen molar-refractivity contribution in [1.29, 1.82) is 0 Å². The van der Waals surface area contributed by atoms with Gasteiger partial charge in [-0.15, -0.1) is 0 Å². The number of carbonyl (C=O) groups excluding carboxylic acids is 1. The minimum Gasteiger partial charge on any atom is -0.497 e. The van der Waals surface area contributed by atoms with Gasteiger partial charge < -0.3 is 19.3 Å². The fraction of sp³-hybridized carbons (Fsp3) is 0.300. The van der Waals surface area contributed by atoms with E-state index in [1.54, 1.807) is 54.6 Å². The Hall–Kier alpha value is -2.19. The lowest BCUT2D eigenvalue weighted by Gasteiger charge is -2.29. The van der Waals surface area contributed by atoms with Crippen LogP contribution in [0.25, 0.3) is 0 Å². The third-order valence-electron chi connectivity index (χ3n) is 4.47. The number of alkyl halides is 3. The SMILES string of the molecule is COc1ccc([C@H]2O[C@@H](C(=O)O)[C@H](c3ccccc3)N2C(=O)OCC(Cl)(Cl)Cl)cc1. The molecule has 0 spiro atoms. The van der Waals surface area contributed by atoms with Gasteiger partial charge in [-0.1, -0.05) is 77.3 Å². The normalized spacial score (nSPS) is 21.3. The number of amides is 1. The number of carboxylic acids is 1. The van der Waals surface area contributed by atoms with Crippen LogP contribution >= 0.6 is 34.8 Å². The summed E-state index contributed by atoms with van der Waals surface area (Å²) >= 11 is 17.1. The molecule has 2 aromatic rings. The van der Waals surface area contributed by atoms with Crippen molar-refractivity contribution in [2.24, 2.45) is 0 Å². The maximum atomic E-state index is 13.0. The zero-order valence-corrected chi connectivity index (χ0v) is 18.0. The zero-order valence-electron chi connectivity index (χ0n) is 15.7. The van der Waals surface area contributed by atoms with Crippen LogP contribution < -0.4 is 4.74 Å². The highest BCUT2D eigenvalue weighted by molar-refractivity contribution is 6.67. The molecule has 0 saturated carbocycles. The van der Waals surface area contributed by atoms with Crippen LogP contribution in [0.15, 0.2) is 54.6 Å². The summed E-state index contributed by atoms with van der Waals surface area (Å²) in [6, 6.07) is 14.4. The third-order valence-corrected chi connectivity index (χ3v) is 4.80. The average molecular weight is 475 g/mol. The molecule has 1 saturated heterocycles. The van der Waals surface area contributed by atoms with Crippen LogP contribution in [-0.2, 0) is 14.3 Å². The van der Waals surface area contributed by atoms with Gasteiger partial charge in [0.05, 0.1) is 7.11 Å². The molecular formula is C20H18Cl3NO6. The lowest BCUT2D eigenvalue weighted by atomic mass is 10.0. The molecular weight excluding hydrogens is 457 g/mol. The maximum absolute atomic E-state index is 13.0. The number of carboxylic acid groups (broad SMARTS) is 1. The van der Waals surface area contributed by atoms with E-state index in [-0.39, 0.29) is 0 Å². The Morgan fingerprint density at radius 3 is 2.23 bits per heavy atom. The van der Waals surface area contributed by atoms with Gasteiger partial charge in [0.1, 0.15) is 18.4 Å². The summed E-state index contributed by atoms with van der Waals surface area (Å²) in [6.45, 7) is -0.512. The molecule has 10 heteroatoms. The molecule has 0 radical (unpaired) electrons. The first-order valence-corrected chi connectivity index (χ1v) is 9.93. The van der Waals surface area contributed by atoms with Crippen molar-refractivity contribution < 1.29 is 28.9 Å². The number of nitrogens with zero attached hydrogens (tertiary/aromatic N) is 1. The topological polar surface area (TPSA) is 85.3 Å². The van der Waals surface area contributed by atoms with Gasteiger partial charge >= 0.3 is 12.1 Å². The van der Waals surface area contributed by atoms with E-state index in [4.69, 9.17) is 49.0 Å². The maximum Gasteiger partial charge on any atom is 0.412 e. The van der Waals surface area contributed by atoms with E-state index >= 15 is 0 Å². The molecule has 1 amide bonds. The van der Waals surface area contributed by atoms with Crippen molar-refractivity contribution in [3.63, 3.8) is 0 Å². The van der Waals surface area contributed by atoms with Gasteiger partial charge in [0.25, 0.3) is 0 Å². The quantitative estimate of drug-likeness (QED) is 0.631. The van der Waals surface area contributed by atoms with Crippen LogP contribution in [0, 0.1) is 0 Å². The predicted octanol–water partition coefficient (Wildman–Crippen LogP) is 4.73. The summed E-state index contributed by atoms with van der Waals surface area (Å²) in [5.41, 5.74) is 1.10. The highest BCUT2D eigenvalue weighted by Gasteiger charge is 2.50. The monoisotopic (exact) mass is 473 g/mol. The Morgan fingerprint density at radius 2 is 1.70 bits per heavy atom. The van der Waals surface area contributed by atoms with Gasteiger partial charge in [-0.2, -0.15) is 0 Å². The standard InChI is InChI=1S/C20H18Cl3NO6/c1-28-14-9-7-13(8-10-14)17-24(19(27)29-11-20(21,22)23)15(16(30-17)18(25)26)12-5-3-2-4-6-12/h2-10,15-17H,11H2,1H3,(H,25,26)/t15-,16+,17+/m0/s1. The fourth-order valence-electron chi connectivity index (χ4n) is 3.18. The number of hydrogen-bond donors (Lipinski definition) is 1. The molecule has 0 unspecified atom stereocenters. The summed E-state index contributed by atoms with van der Waals surface area (Å²) in [6.07, 6.45) is -3.25. The highest BCUT2D eigenvalue weighted by Crippen LogP contribution is 2.44. The van der Waals surface area contributed by atoms with E-state index in [0.717, 1.165) is 0 Å². The molecule has 1 aliphatic heterocycles. The molecule has 1 N–H and O–H groups in total. The minimum absolute atomic E-state index is 0.512. The molecule has 3 rings (SSSR count). The summed E-state index contributed by atoms with van der Waals surface area (Å²) in [7, 11) is 1.52. The molecule has 3 atom stereocenters. The first kappa shape index (κ1) is 22.5. The molecule has 0 bridgehead atoms. The van der Waals surface area contributed by atoms with Crippen LogP contribution in [0.4, 0.5) is 4.79 Å². The summed E-state index contributed by atoms with van der Waals surface area (Å²) < 4.78 is 14.3. The molecule has 0 aromatic heterocycles. The number of halogens is 3. The molecule has 2 aromatic carbocycles. The van der Waals surface area contributed by atoms with Crippen molar-refractivity contribution in [1.82, 2.24) is 4.90 Å². The predicted molar refractivity (Wildman–Crippen MR) is 111 cm³/mol. The third kappa shape index (κ3) is 5.10. The van der Waals surface area contributed by atoms with Gasteiger partial charge in [-0.25, -0.2) is 9.59 Å². The molecule has 0 aliphatic carbocycles. The van der Waals surface area contributed by atoms with Gasteiger partial charge in [-0.05, 0) is 17.7 Å². The number of aliphatic carboxylic acids is 1. The average Bonchev–Trinajstić information content (AvgIpc) is 3.13. The van der Waals surface area contributed by atoms with E-state index < -0.39 is 40.8 Å². The van der Waals surface area contributed by atoms with E-state index in [1.807, 2.05) is 0 Å². The second kappa shape index (κ2) is 9.31. The smallest absolute Gasteiger partial charge is 0.412 e. The lowest BCUT2D eigenvalue weighted by molar-refractivity contribution is -0.150. The van der Waals surface area contributed by atoms with Crippen LogP contribution in [0.1, 0.15) is 23.4 Å². The number of ether oxygens (including phenoxy) is 3. The van der Waals surface area contributed by atoms with E-state index in [9.17, 15) is 14.7 Å². The zero-order chi connectivity index (χ0) is 21.9. The van der Waals surface area contributed by atoms with Crippen molar-refractivity contribution >= 4 is 46.9 Å². The van der Waals surface area contributed by atoms with Crippen LogP contribution in [0.3, 0.4) is 0 Å². The van der Waals surface area contributed by atoms with E-state index in [2.05, 4.69) is 0 Å². The molecule has 30 heavy (non-hydrogen) atoms. The van der Waals surface area contributed by atoms with Crippen molar-refractivity contribution in [3.8, 4) is 5.75 Å². The highest BCUT2D eigenvalue weighted by atomic mass is 35.6. The van der Waals surface area contributed by atoms with Crippen LogP contribution in [-0.4, -0.2) is 45.7 Å². The largest absolute Gasteiger partial charge is 0.497 e. The Bertz CT molecular complexity index is 888. The molecule has 1 fully saturated rings. The second-order valence-electron chi connectivity index (χ2n) is 6.45. The van der Waals surface area contributed by atoms with Gasteiger partial charge in [-0.3, -0.25) is 4.90 Å². The van der Waals surface area contributed by atoms with E-state index in [0.29, 0.717) is 16.9 Å².